The number of hydrogen-bond acceptors (Lipinski definition) is 4. The van der Waals surface area contributed by atoms with Gasteiger partial charge >= 0.3 is 0 Å². The number of carbonyl (C=O) groups is 1. The molecular weight excluding hydrogens is 180 g/mol. The third-order valence-electron chi connectivity index (χ3n) is 2.27. The van der Waals surface area contributed by atoms with Gasteiger partial charge in [-0.15, -0.1) is 0 Å². The molecule has 0 radical (unpaired) electrons. The number of nitrogens with one attached hydrogen (secondary N) is 2. The molecule has 1 saturated heterocycles. The zero-order valence-corrected chi connectivity index (χ0v) is 7.95. The standard InChI is InChI=1S/C9H12N4O/c1-6-8(4-11-5-12-6)9(14)13-7-2-10-3-7/h4-5,7,10H,2-3H2,1H3,(H,13,14). The lowest BCUT2D eigenvalue weighted by Crippen LogP contribution is -2.57. The van der Waals surface area contributed by atoms with Crippen LogP contribution in [0.25, 0.3) is 0 Å². The van der Waals surface area contributed by atoms with Gasteiger partial charge in [-0.1, -0.05) is 0 Å². The number of rotatable bonds is 2. The zero-order valence-electron chi connectivity index (χ0n) is 7.95. The molecule has 74 valence electrons. The smallest absolute Gasteiger partial charge is 0.255 e. The van der Waals surface area contributed by atoms with Gasteiger partial charge in [0.25, 0.3) is 5.91 Å². The molecule has 1 aromatic rings. The van der Waals surface area contributed by atoms with E-state index in [4.69, 9.17) is 0 Å². The van der Waals surface area contributed by atoms with Crippen molar-refractivity contribution in [2.24, 2.45) is 0 Å². The summed E-state index contributed by atoms with van der Waals surface area (Å²) in [6, 6.07) is 0.252. The van der Waals surface area contributed by atoms with E-state index in [-0.39, 0.29) is 11.9 Å². The van der Waals surface area contributed by atoms with E-state index in [1.165, 1.54) is 6.33 Å². The van der Waals surface area contributed by atoms with Crippen LogP contribution < -0.4 is 10.6 Å². The first-order chi connectivity index (χ1) is 6.77. The van der Waals surface area contributed by atoms with Crippen LogP contribution in [0.5, 0.6) is 0 Å². The maximum absolute atomic E-state index is 11.6. The molecule has 2 N–H and O–H groups in total. The molecule has 0 bridgehead atoms. The van der Waals surface area contributed by atoms with E-state index in [9.17, 15) is 4.79 Å². The first-order valence-electron chi connectivity index (χ1n) is 4.55. The Balaban J connectivity index is 2.06. The summed E-state index contributed by atoms with van der Waals surface area (Å²) in [5.74, 6) is -0.0883. The van der Waals surface area contributed by atoms with Crippen LogP contribution in [0.4, 0.5) is 0 Å². The van der Waals surface area contributed by atoms with Gasteiger partial charge in [-0.25, -0.2) is 9.97 Å². The number of nitrogens with zero attached hydrogens (tertiary/aromatic N) is 2. The number of amides is 1. The highest BCUT2D eigenvalue weighted by atomic mass is 16.1. The van der Waals surface area contributed by atoms with Crippen molar-refractivity contribution in [2.75, 3.05) is 13.1 Å². The van der Waals surface area contributed by atoms with Crippen molar-refractivity contribution in [3.8, 4) is 0 Å². The van der Waals surface area contributed by atoms with Crippen LogP contribution in [0.1, 0.15) is 16.1 Å². The van der Waals surface area contributed by atoms with E-state index in [2.05, 4.69) is 20.6 Å². The van der Waals surface area contributed by atoms with Gasteiger partial charge in [0.1, 0.15) is 6.33 Å². The normalized spacial score (nSPS) is 16.1. The van der Waals surface area contributed by atoms with E-state index in [1.54, 1.807) is 13.1 Å². The summed E-state index contributed by atoms with van der Waals surface area (Å²) in [5.41, 5.74) is 1.27. The van der Waals surface area contributed by atoms with Crippen LogP contribution in [0.3, 0.4) is 0 Å². The van der Waals surface area contributed by atoms with Crippen LogP contribution >= 0.6 is 0 Å². The molecule has 14 heavy (non-hydrogen) atoms. The summed E-state index contributed by atoms with van der Waals surface area (Å²) in [6.07, 6.45) is 2.99. The van der Waals surface area contributed by atoms with Crippen molar-refractivity contribution in [2.45, 2.75) is 13.0 Å². The zero-order chi connectivity index (χ0) is 9.97. The van der Waals surface area contributed by atoms with E-state index in [0.29, 0.717) is 11.3 Å². The summed E-state index contributed by atoms with van der Waals surface area (Å²) in [6.45, 7) is 3.49. The van der Waals surface area contributed by atoms with Gasteiger partial charge in [0.15, 0.2) is 0 Å². The molecule has 5 heteroatoms. The summed E-state index contributed by atoms with van der Waals surface area (Å²) < 4.78 is 0. The number of carbonyl (C=O) groups excluding carboxylic acids is 1. The molecule has 0 atom stereocenters. The van der Waals surface area contributed by atoms with Crippen molar-refractivity contribution in [3.63, 3.8) is 0 Å². The van der Waals surface area contributed by atoms with Gasteiger partial charge in [-0.3, -0.25) is 4.79 Å². The molecule has 0 aliphatic carbocycles. The molecule has 1 fully saturated rings. The summed E-state index contributed by atoms with van der Waals surface area (Å²) >= 11 is 0. The molecule has 1 amide bonds. The quantitative estimate of drug-likeness (QED) is 0.662. The van der Waals surface area contributed by atoms with Gasteiger partial charge in [-0.2, -0.15) is 0 Å². The maximum atomic E-state index is 11.6. The van der Waals surface area contributed by atoms with Gasteiger partial charge < -0.3 is 10.6 Å². The Morgan fingerprint density at radius 3 is 3.00 bits per heavy atom. The molecule has 1 aliphatic heterocycles. The topological polar surface area (TPSA) is 66.9 Å². The Morgan fingerprint density at radius 1 is 1.64 bits per heavy atom. The van der Waals surface area contributed by atoms with E-state index < -0.39 is 0 Å². The molecule has 1 aromatic heterocycles. The predicted molar refractivity (Wildman–Crippen MR) is 50.9 cm³/mol. The van der Waals surface area contributed by atoms with Gasteiger partial charge in [0.05, 0.1) is 17.3 Å². The molecular formula is C9H12N4O. The molecule has 1 aliphatic rings. The van der Waals surface area contributed by atoms with Gasteiger partial charge in [-0.05, 0) is 6.92 Å². The molecule has 2 heterocycles. The van der Waals surface area contributed by atoms with Crippen LogP contribution in [-0.4, -0.2) is 35.0 Å². The number of aryl methyl sites for hydroxylation is 1. The second kappa shape index (κ2) is 3.71. The Kier molecular flexibility index (Phi) is 2.41. The summed E-state index contributed by atoms with van der Waals surface area (Å²) in [4.78, 5) is 19.4. The average molecular weight is 192 g/mol. The molecule has 5 nitrogen and oxygen atoms in total. The van der Waals surface area contributed by atoms with Crippen LogP contribution in [0, 0.1) is 6.92 Å². The van der Waals surface area contributed by atoms with E-state index in [1.807, 2.05) is 0 Å². The minimum Gasteiger partial charge on any atom is -0.347 e. The second-order valence-electron chi connectivity index (χ2n) is 3.35. The lowest BCUT2D eigenvalue weighted by Gasteiger charge is -2.27. The SMILES string of the molecule is Cc1ncncc1C(=O)NC1CNC1. The minimum atomic E-state index is -0.0883. The Labute approximate surface area is 82.0 Å². The Morgan fingerprint density at radius 2 is 2.43 bits per heavy atom. The van der Waals surface area contributed by atoms with Crippen molar-refractivity contribution in [3.05, 3.63) is 23.8 Å². The van der Waals surface area contributed by atoms with Gasteiger partial charge in [0, 0.05) is 19.3 Å². The van der Waals surface area contributed by atoms with Crippen molar-refractivity contribution in [1.29, 1.82) is 0 Å². The first kappa shape index (κ1) is 9.08. The molecule has 0 unspecified atom stereocenters. The second-order valence-corrected chi connectivity index (χ2v) is 3.35. The van der Waals surface area contributed by atoms with E-state index >= 15 is 0 Å². The summed E-state index contributed by atoms with van der Waals surface area (Å²) in [5, 5.41) is 5.98. The van der Waals surface area contributed by atoms with Crippen molar-refractivity contribution < 1.29 is 4.79 Å². The van der Waals surface area contributed by atoms with Crippen LogP contribution in [0.15, 0.2) is 12.5 Å². The van der Waals surface area contributed by atoms with Crippen LogP contribution in [-0.2, 0) is 0 Å². The fraction of sp³-hybridized carbons (Fsp3) is 0.444. The molecule has 0 spiro atoms. The predicted octanol–water partition coefficient (Wildman–Crippen LogP) is -0.513. The number of aromatic nitrogens is 2. The van der Waals surface area contributed by atoms with Crippen molar-refractivity contribution in [1.82, 2.24) is 20.6 Å². The third-order valence-corrected chi connectivity index (χ3v) is 2.27. The molecule has 0 saturated carbocycles. The van der Waals surface area contributed by atoms with Crippen LogP contribution in [0.2, 0.25) is 0 Å². The summed E-state index contributed by atoms with van der Waals surface area (Å²) in [7, 11) is 0. The lowest BCUT2D eigenvalue weighted by molar-refractivity contribution is 0.0922. The maximum Gasteiger partial charge on any atom is 0.255 e. The van der Waals surface area contributed by atoms with Gasteiger partial charge in [0.2, 0.25) is 0 Å². The average Bonchev–Trinajstić information content (AvgIpc) is 2.12. The largest absolute Gasteiger partial charge is 0.347 e. The highest BCUT2D eigenvalue weighted by Crippen LogP contribution is 2.02. The van der Waals surface area contributed by atoms with E-state index in [0.717, 1.165) is 13.1 Å². The Hall–Kier alpha value is -1.49. The fourth-order valence-corrected chi connectivity index (χ4v) is 1.27. The highest BCUT2D eigenvalue weighted by Gasteiger charge is 2.20. The molecule has 2 rings (SSSR count). The fourth-order valence-electron chi connectivity index (χ4n) is 1.27. The lowest BCUT2D eigenvalue weighted by atomic mass is 10.1. The highest BCUT2D eigenvalue weighted by molar-refractivity contribution is 5.95. The van der Waals surface area contributed by atoms with Crippen molar-refractivity contribution >= 4 is 5.91 Å². The Bertz CT molecular complexity index is 348. The molecule has 0 aromatic carbocycles. The number of hydrogen-bond donors (Lipinski definition) is 2. The minimum absolute atomic E-state index is 0.0883. The third kappa shape index (κ3) is 1.72. The monoisotopic (exact) mass is 192 g/mol. The first-order valence-corrected chi connectivity index (χ1v) is 4.55.